The second kappa shape index (κ2) is 6.09. The number of nitrogens with two attached hydrogens (primary N) is 1. The van der Waals surface area contributed by atoms with Crippen molar-refractivity contribution >= 4 is 15.9 Å². The van der Waals surface area contributed by atoms with Gasteiger partial charge in [0.1, 0.15) is 5.82 Å². The summed E-state index contributed by atoms with van der Waals surface area (Å²) in [5.74, 6) is 5.33. The Morgan fingerprint density at radius 3 is 2.50 bits per heavy atom. The maximum atomic E-state index is 13.4. The number of hydrazine groups is 1. The van der Waals surface area contributed by atoms with Crippen LogP contribution in [0, 0.1) is 5.82 Å². The van der Waals surface area contributed by atoms with E-state index in [4.69, 9.17) is 5.84 Å². The Balaban J connectivity index is 2.24. The van der Waals surface area contributed by atoms with Crippen LogP contribution in [0.1, 0.15) is 17.2 Å². The van der Waals surface area contributed by atoms with Crippen LogP contribution in [-0.4, -0.2) is 0 Å². The van der Waals surface area contributed by atoms with Gasteiger partial charge in [0.2, 0.25) is 0 Å². The van der Waals surface area contributed by atoms with E-state index in [-0.39, 0.29) is 11.9 Å². The minimum atomic E-state index is -0.253. The molecule has 2 aromatic rings. The first-order valence-corrected chi connectivity index (χ1v) is 6.45. The van der Waals surface area contributed by atoms with E-state index in [0.717, 1.165) is 11.1 Å². The van der Waals surface area contributed by atoms with Crippen LogP contribution in [0.5, 0.6) is 0 Å². The molecule has 4 heteroatoms. The van der Waals surface area contributed by atoms with Gasteiger partial charge in [-0.05, 0) is 39.5 Å². The van der Waals surface area contributed by atoms with Crippen molar-refractivity contribution in [3.63, 3.8) is 0 Å². The molecule has 0 aromatic heterocycles. The normalized spacial score (nSPS) is 12.4. The molecule has 94 valence electrons. The van der Waals surface area contributed by atoms with Gasteiger partial charge in [0, 0.05) is 0 Å². The number of halogens is 2. The molecule has 3 N–H and O–H groups in total. The van der Waals surface area contributed by atoms with Gasteiger partial charge in [-0.15, -0.1) is 0 Å². The molecular formula is C14H14BrFN2. The Morgan fingerprint density at radius 2 is 1.83 bits per heavy atom. The molecule has 1 unspecified atom stereocenters. The van der Waals surface area contributed by atoms with E-state index in [1.165, 1.54) is 6.07 Å². The summed E-state index contributed by atoms with van der Waals surface area (Å²) in [6.07, 6.45) is 0.624. The molecule has 1 atom stereocenters. The quantitative estimate of drug-likeness (QED) is 0.671. The van der Waals surface area contributed by atoms with E-state index >= 15 is 0 Å². The molecule has 2 nitrogen and oxygen atoms in total. The van der Waals surface area contributed by atoms with Gasteiger partial charge in [-0.25, -0.2) is 4.39 Å². The zero-order valence-electron chi connectivity index (χ0n) is 9.74. The summed E-state index contributed by atoms with van der Waals surface area (Å²) in [6, 6.07) is 14.9. The van der Waals surface area contributed by atoms with Gasteiger partial charge in [0.15, 0.2) is 0 Å². The second-order valence-electron chi connectivity index (χ2n) is 4.05. The van der Waals surface area contributed by atoms with Crippen molar-refractivity contribution in [1.82, 2.24) is 5.43 Å². The van der Waals surface area contributed by atoms with Gasteiger partial charge in [-0.1, -0.05) is 42.5 Å². The van der Waals surface area contributed by atoms with Crippen molar-refractivity contribution in [3.8, 4) is 0 Å². The van der Waals surface area contributed by atoms with Gasteiger partial charge >= 0.3 is 0 Å². The number of benzene rings is 2. The van der Waals surface area contributed by atoms with E-state index in [1.54, 1.807) is 6.07 Å². The highest BCUT2D eigenvalue weighted by Crippen LogP contribution is 2.25. The van der Waals surface area contributed by atoms with Crippen LogP contribution in [-0.2, 0) is 6.42 Å². The first-order chi connectivity index (χ1) is 8.72. The lowest BCUT2D eigenvalue weighted by molar-refractivity contribution is 0.546. The summed E-state index contributed by atoms with van der Waals surface area (Å²) < 4.78 is 13.9. The lowest BCUT2D eigenvalue weighted by atomic mass is 9.99. The van der Waals surface area contributed by atoms with Crippen molar-refractivity contribution in [3.05, 3.63) is 69.9 Å². The Bertz CT molecular complexity index is 516. The minimum Gasteiger partial charge on any atom is -0.271 e. The smallest absolute Gasteiger partial charge is 0.137 e. The van der Waals surface area contributed by atoms with Crippen molar-refractivity contribution in [2.24, 2.45) is 5.84 Å². The maximum Gasteiger partial charge on any atom is 0.137 e. The first-order valence-electron chi connectivity index (χ1n) is 5.66. The summed E-state index contributed by atoms with van der Waals surface area (Å²) in [5.41, 5.74) is 4.74. The summed E-state index contributed by atoms with van der Waals surface area (Å²) in [6.45, 7) is 0. The third-order valence-corrected chi connectivity index (χ3v) is 3.75. The van der Waals surface area contributed by atoms with E-state index in [0.29, 0.717) is 10.9 Å². The molecule has 0 bridgehead atoms. The van der Waals surface area contributed by atoms with Crippen LogP contribution in [0.2, 0.25) is 0 Å². The van der Waals surface area contributed by atoms with Gasteiger partial charge in [-0.3, -0.25) is 11.3 Å². The highest BCUT2D eigenvalue weighted by molar-refractivity contribution is 9.10. The summed E-state index contributed by atoms with van der Waals surface area (Å²) in [5, 5.41) is 0. The molecule has 2 aromatic carbocycles. The average molecular weight is 309 g/mol. The second-order valence-corrected chi connectivity index (χ2v) is 4.84. The van der Waals surface area contributed by atoms with E-state index in [2.05, 4.69) is 21.4 Å². The molecule has 0 radical (unpaired) electrons. The zero-order chi connectivity index (χ0) is 13.0. The van der Waals surface area contributed by atoms with Crippen LogP contribution in [0.3, 0.4) is 0 Å². The van der Waals surface area contributed by atoms with Gasteiger partial charge in [0.05, 0.1) is 10.5 Å². The molecule has 0 fully saturated rings. The molecule has 0 spiro atoms. The van der Waals surface area contributed by atoms with Gasteiger partial charge in [0.25, 0.3) is 0 Å². The standard InChI is InChI=1S/C14H14BrFN2/c15-14-11(7-4-8-12(14)16)9-13(18-17)10-5-2-1-3-6-10/h1-8,13,18H,9,17H2. The van der Waals surface area contributed by atoms with Gasteiger partial charge < -0.3 is 0 Å². The number of hydrogen-bond acceptors (Lipinski definition) is 2. The van der Waals surface area contributed by atoms with Crippen molar-refractivity contribution in [2.75, 3.05) is 0 Å². The third kappa shape index (κ3) is 2.96. The summed E-state index contributed by atoms with van der Waals surface area (Å²) >= 11 is 3.27. The SMILES string of the molecule is NNC(Cc1cccc(F)c1Br)c1ccccc1. The van der Waals surface area contributed by atoms with Crippen LogP contribution in [0.4, 0.5) is 4.39 Å². The van der Waals surface area contributed by atoms with Crippen LogP contribution < -0.4 is 11.3 Å². The predicted molar refractivity (Wildman–Crippen MR) is 74.3 cm³/mol. The molecule has 0 saturated heterocycles. The fourth-order valence-electron chi connectivity index (χ4n) is 1.88. The largest absolute Gasteiger partial charge is 0.271 e. The molecule has 0 saturated carbocycles. The molecule has 2 rings (SSSR count). The molecule has 0 aliphatic rings. The van der Waals surface area contributed by atoms with Crippen LogP contribution in [0.25, 0.3) is 0 Å². The maximum absolute atomic E-state index is 13.4. The topological polar surface area (TPSA) is 38.0 Å². The van der Waals surface area contributed by atoms with Crippen molar-refractivity contribution in [1.29, 1.82) is 0 Å². The van der Waals surface area contributed by atoms with E-state index < -0.39 is 0 Å². The number of nitrogens with one attached hydrogen (secondary N) is 1. The monoisotopic (exact) mass is 308 g/mol. The Morgan fingerprint density at radius 1 is 1.11 bits per heavy atom. The number of rotatable bonds is 4. The molecule has 0 heterocycles. The molecule has 0 aliphatic carbocycles. The highest BCUT2D eigenvalue weighted by Gasteiger charge is 2.13. The Hall–Kier alpha value is -1.23. The lowest BCUT2D eigenvalue weighted by Crippen LogP contribution is -2.29. The highest BCUT2D eigenvalue weighted by atomic mass is 79.9. The van der Waals surface area contributed by atoms with E-state index in [1.807, 2.05) is 36.4 Å². The molecule has 0 aliphatic heterocycles. The van der Waals surface area contributed by atoms with Crippen LogP contribution >= 0.6 is 15.9 Å². The molecule has 18 heavy (non-hydrogen) atoms. The minimum absolute atomic E-state index is 0.0377. The van der Waals surface area contributed by atoms with Crippen molar-refractivity contribution < 1.29 is 4.39 Å². The van der Waals surface area contributed by atoms with Crippen molar-refractivity contribution in [2.45, 2.75) is 12.5 Å². The van der Waals surface area contributed by atoms with Crippen LogP contribution in [0.15, 0.2) is 53.0 Å². The predicted octanol–water partition coefficient (Wildman–Crippen LogP) is 3.34. The zero-order valence-corrected chi connectivity index (χ0v) is 11.3. The summed E-state index contributed by atoms with van der Waals surface area (Å²) in [4.78, 5) is 0. The Labute approximate surface area is 114 Å². The fourth-order valence-corrected chi connectivity index (χ4v) is 2.31. The molecule has 0 amide bonds. The summed E-state index contributed by atoms with van der Waals surface area (Å²) in [7, 11) is 0. The molecular weight excluding hydrogens is 295 g/mol. The third-order valence-electron chi connectivity index (χ3n) is 2.86. The Kier molecular flexibility index (Phi) is 4.47. The average Bonchev–Trinajstić information content (AvgIpc) is 2.41. The number of hydrogen-bond donors (Lipinski definition) is 2. The lowest BCUT2D eigenvalue weighted by Gasteiger charge is -2.17. The first kappa shape index (κ1) is 13.2. The van der Waals surface area contributed by atoms with E-state index in [9.17, 15) is 4.39 Å². The fraction of sp³-hybridized carbons (Fsp3) is 0.143. The van der Waals surface area contributed by atoms with Gasteiger partial charge in [-0.2, -0.15) is 0 Å².